The van der Waals surface area contributed by atoms with Crippen LogP contribution in [0.25, 0.3) is 0 Å². The number of aromatic nitrogens is 2. The van der Waals surface area contributed by atoms with Crippen LogP contribution in [0.1, 0.15) is 0 Å². The Morgan fingerprint density at radius 3 is 2.74 bits per heavy atom. The highest BCUT2D eigenvalue weighted by Crippen LogP contribution is 2.17. The van der Waals surface area contributed by atoms with E-state index in [0.29, 0.717) is 5.75 Å². The third kappa shape index (κ3) is 4.26. The van der Waals surface area contributed by atoms with Crippen LogP contribution >= 0.6 is 11.8 Å². The van der Waals surface area contributed by atoms with Gasteiger partial charge in [-0.1, -0.05) is 11.8 Å². The van der Waals surface area contributed by atoms with Crippen molar-refractivity contribution in [1.29, 1.82) is 0 Å². The minimum absolute atomic E-state index is 0.0826. The third-order valence-electron chi connectivity index (χ3n) is 2.27. The van der Waals surface area contributed by atoms with E-state index in [0.717, 1.165) is 16.5 Å². The maximum Gasteiger partial charge on any atom is 0.234 e. The Kier molecular flexibility index (Phi) is 4.74. The molecule has 0 aliphatic carbocycles. The van der Waals surface area contributed by atoms with E-state index in [9.17, 15) is 4.79 Å². The summed E-state index contributed by atoms with van der Waals surface area (Å²) in [5, 5.41) is 11.2. The van der Waals surface area contributed by atoms with Gasteiger partial charge in [-0.15, -0.1) is 5.10 Å². The van der Waals surface area contributed by atoms with Crippen molar-refractivity contribution in [3.8, 4) is 5.75 Å². The summed E-state index contributed by atoms with van der Waals surface area (Å²) >= 11 is 1.35. The molecule has 0 fully saturated rings. The molecule has 0 atom stereocenters. The molecule has 0 unspecified atom stereocenters. The van der Waals surface area contributed by atoms with Gasteiger partial charge in [0.15, 0.2) is 0 Å². The zero-order valence-electron chi connectivity index (χ0n) is 10.4. The maximum absolute atomic E-state index is 11.7. The normalized spacial score (nSPS) is 9.95. The highest BCUT2D eigenvalue weighted by atomic mass is 32.2. The van der Waals surface area contributed by atoms with E-state index in [1.165, 1.54) is 11.8 Å². The zero-order chi connectivity index (χ0) is 13.5. The molecule has 0 aliphatic rings. The first-order valence-corrected chi connectivity index (χ1v) is 6.61. The van der Waals surface area contributed by atoms with Crippen LogP contribution in [-0.4, -0.2) is 29.0 Å². The summed E-state index contributed by atoms with van der Waals surface area (Å²) in [6, 6.07) is 10.8. The summed E-state index contributed by atoms with van der Waals surface area (Å²) in [5.41, 5.74) is 0.741. The lowest BCUT2D eigenvalue weighted by Crippen LogP contribution is -2.14. The van der Waals surface area contributed by atoms with E-state index in [2.05, 4.69) is 15.5 Å². The topological polar surface area (TPSA) is 64.1 Å². The fourth-order valence-electron chi connectivity index (χ4n) is 1.38. The van der Waals surface area contributed by atoms with Crippen LogP contribution in [0.4, 0.5) is 5.69 Å². The molecule has 1 aromatic heterocycles. The van der Waals surface area contributed by atoms with Crippen molar-refractivity contribution >= 4 is 23.4 Å². The number of nitrogens with zero attached hydrogens (tertiary/aromatic N) is 2. The molecule has 0 spiro atoms. The third-order valence-corrected chi connectivity index (χ3v) is 3.19. The predicted octanol–water partition coefficient (Wildman–Crippen LogP) is 2.22. The highest BCUT2D eigenvalue weighted by Gasteiger charge is 2.04. The lowest BCUT2D eigenvalue weighted by atomic mass is 10.3. The van der Waals surface area contributed by atoms with Crippen LogP contribution in [0.2, 0.25) is 0 Å². The first-order chi connectivity index (χ1) is 9.28. The number of nitrogens with one attached hydrogen (secondary N) is 1. The Balaban J connectivity index is 1.83. The van der Waals surface area contributed by atoms with E-state index in [-0.39, 0.29) is 5.91 Å². The molecule has 0 saturated heterocycles. The van der Waals surface area contributed by atoms with Gasteiger partial charge in [0.05, 0.1) is 12.9 Å². The summed E-state index contributed by atoms with van der Waals surface area (Å²) < 4.78 is 5.05. The predicted molar refractivity (Wildman–Crippen MR) is 74.4 cm³/mol. The van der Waals surface area contributed by atoms with Gasteiger partial charge >= 0.3 is 0 Å². The number of methoxy groups -OCH3 is 1. The smallest absolute Gasteiger partial charge is 0.234 e. The fourth-order valence-corrected chi connectivity index (χ4v) is 2.01. The molecule has 0 radical (unpaired) electrons. The van der Waals surface area contributed by atoms with Crippen LogP contribution in [0, 0.1) is 0 Å². The van der Waals surface area contributed by atoms with Crippen LogP contribution in [0.3, 0.4) is 0 Å². The Bertz CT molecular complexity index is 531. The molecule has 98 valence electrons. The van der Waals surface area contributed by atoms with E-state index in [1.54, 1.807) is 43.6 Å². The summed E-state index contributed by atoms with van der Waals surface area (Å²) in [5.74, 6) is 0.970. The van der Waals surface area contributed by atoms with Crippen molar-refractivity contribution in [3.05, 3.63) is 42.6 Å². The van der Waals surface area contributed by atoms with Gasteiger partial charge in [-0.05, 0) is 36.4 Å². The van der Waals surface area contributed by atoms with Gasteiger partial charge in [0, 0.05) is 11.9 Å². The largest absolute Gasteiger partial charge is 0.497 e. The second-order valence-corrected chi connectivity index (χ2v) is 4.62. The molecule has 0 saturated carbocycles. The Morgan fingerprint density at radius 2 is 2.11 bits per heavy atom. The van der Waals surface area contributed by atoms with Crippen LogP contribution < -0.4 is 10.1 Å². The molecule has 0 bridgehead atoms. The molecule has 19 heavy (non-hydrogen) atoms. The molecule has 2 aromatic rings. The number of ether oxygens (including phenoxy) is 1. The highest BCUT2D eigenvalue weighted by molar-refractivity contribution is 7.99. The minimum atomic E-state index is -0.0826. The SMILES string of the molecule is COc1ccc(NC(=O)CSc2cccnn2)cc1. The summed E-state index contributed by atoms with van der Waals surface area (Å²) in [7, 11) is 1.60. The quantitative estimate of drug-likeness (QED) is 0.848. The van der Waals surface area contributed by atoms with Gasteiger partial charge in [-0.2, -0.15) is 5.10 Å². The Morgan fingerprint density at radius 1 is 1.32 bits per heavy atom. The van der Waals surface area contributed by atoms with Gasteiger partial charge in [0.25, 0.3) is 0 Å². The monoisotopic (exact) mass is 275 g/mol. The molecule has 1 aromatic carbocycles. The number of amides is 1. The average molecular weight is 275 g/mol. The van der Waals surface area contributed by atoms with E-state index < -0.39 is 0 Å². The number of hydrogen-bond acceptors (Lipinski definition) is 5. The number of hydrogen-bond donors (Lipinski definition) is 1. The number of benzene rings is 1. The van der Waals surface area contributed by atoms with E-state index in [1.807, 2.05) is 6.07 Å². The number of thioether (sulfide) groups is 1. The maximum atomic E-state index is 11.7. The first-order valence-electron chi connectivity index (χ1n) is 5.62. The second kappa shape index (κ2) is 6.75. The van der Waals surface area contributed by atoms with Crippen molar-refractivity contribution in [3.63, 3.8) is 0 Å². The molecule has 1 N–H and O–H groups in total. The van der Waals surface area contributed by atoms with Gasteiger partial charge in [0.2, 0.25) is 5.91 Å². The molecule has 5 nitrogen and oxygen atoms in total. The summed E-state index contributed by atoms with van der Waals surface area (Å²) in [4.78, 5) is 11.7. The standard InChI is InChI=1S/C13H13N3O2S/c1-18-11-6-4-10(5-7-11)15-12(17)9-19-13-3-2-8-14-16-13/h2-8H,9H2,1H3,(H,15,17). The fraction of sp³-hybridized carbons (Fsp3) is 0.154. The molecule has 2 rings (SSSR count). The average Bonchev–Trinajstić information content (AvgIpc) is 2.47. The summed E-state index contributed by atoms with van der Waals surface area (Å²) in [6.45, 7) is 0. The summed E-state index contributed by atoms with van der Waals surface area (Å²) in [6.07, 6.45) is 1.60. The number of carbonyl (C=O) groups excluding carboxylic acids is 1. The lowest BCUT2D eigenvalue weighted by Gasteiger charge is -2.05. The van der Waals surface area contributed by atoms with E-state index >= 15 is 0 Å². The lowest BCUT2D eigenvalue weighted by molar-refractivity contribution is -0.113. The van der Waals surface area contributed by atoms with Crippen molar-refractivity contribution in [2.45, 2.75) is 5.03 Å². The van der Waals surface area contributed by atoms with Crippen molar-refractivity contribution in [2.24, 2.45) is 0 Å². The number of carbonyl (C=O) groups is 1. The zero-order valence-corrected chi connectivity index (χ0v) is 11.2. The molecule has 1 heterocycles. The van der Waals surface area contributed by atoms with Crippen LogP contribution in [0.5, 0.6) is 5.75 Å². The Hall–Kier alpha value is -2.08. The Labute approximate surface area is 115 Å². The van der Waals surface area contributed by atoms with Gasteiger partial charge < -0.3 is 10.1 Å². The van der Waals surface area contributed by atoms with Gasteiger partial charge in [0.1, 0.15) is 10.8 Å². The molecular formula is C13H13N3O2S. The van der Waals surface area contributed by atoms with Crippen molar-refractivity contribution < 1.29 is 9.53 Å². The molecule has 0 aliphatic heterocycles. The second-order valence-electron chi connectivity index (χ2n) is 3.63. The van der Waals surface area contributed by atoms with Gasteiger partial charge in [-0.3, -0.25) is 4.79 Å². The first kappa shape index (κ1) is 13.4. The van der Waals surface area contributed by atoms with Crippen LogP contribution in [-0.2, 0) is 4.79 Å². The van der Waals surface area contributed by atoms with Crippen molar-refractivity contribution in [2.75, 3.05) is 18.2 Å². The van der Waals surface area contributed by atoms with Crippen LogP contribution in [0.15, 0.2) is 47.6 Å². The van der Waals surface area contributed by atoms with Crippen molar-refractivity contribution in [1.82, 2.24) is 10.2 Å². The minimum Gasteiger partial charge on any atom is -0.497 e. The van der Waals surface area contributed by atoms with Gasteiger partial charge in [-0.25, -0.2) is 0 Å². The number of anilines is 1. The van der Waals surface area contributed by atoms with E-state index in [4.69, 9.17) is 4.74 Å². The molecular weight excluding hydrogens is 262 g/mol. The molecule has 6 heteroatoms. The molecule has 1 amide bonds. The number of rotatable bonds is 5.